The van der Waals surface area contributed by atoms with Crippen LogP contribution in [0, 0.1) is 17.2 Å². The van der Waals surface area contributed by atoms with Crippen molar-refractivity contribution >= 4 is 16.7 Å². The Kier molecular flexibility index (Phi) is 4.30. The summed E-state index contributed by atoms with van der Waals surface area (Å²) in [5.74, 6) is 1.35. The third-order valence-corrected chi connectivity index (χ3v) is 4.41. The van der Waals surface area contributed by atoms with Gasteiger partial charge in [0, 0.05) is 0 Å². The summed E-state index contributed by atoms with van der Waals surface area (Å²) in [5.41, 5.74) is -0.794. The highest BCUT2D eigenvalue weighted by atomic mass is 16.5. The van der Waals surface area contributed by atoms with Crippen LogP contribution in [0.1, 0.15) is 19.8 Å². The van der Waals surface area contributed by atoms with Gasteiger partial charge in [0.2, 0.25) is 0 Å². The molecule has 1 aliphatic carbocycles. The second-order valence-electron chi connectivity index (χ2n) is 6.30. The largest absolute Gasteiger partial charge is 0.497 e. The van der Waals surface area contributed by atoms with Crippen LogP contribution in [-0.4, -0.2) is 25.2 Å². The Labute approximate surface area is 141 Å². The molecule has 0 aromatic heterocycles. The minimum Gasteiger partial charge on any atom is -0.497 e. The van der Waals surface area contributed by atoms with Crippen molar-refractivity contribution in [2.75, 3.05) is 13.7 Å². The molecule has 5 nitrogen and oxygen atoms in total. The van der Waals surface area contributed by atoms with Crippen molar-refractivity contribution in [3.63, 3.8) is 0 Å². The minimum atomic E-state index is -0.794. The first kappa shape index (κ1) is 16.1. The first-order valence-corrected chi connectivity index (χ1v) is 7.97. The van der Waals surface area contributed by atoms with E-state index in [0.717, 1.165) is 29.4 Å². The zero-order chi connectivity index (χ0) is 17.2. The van der Waals surface area contributed by atoms with E-state index in [1.165, 1.54) is 0 Å². The average Bonchev–Trinajstić information content (AvgIpc) is 3.44. The van der Waals surface area contributed by atoms with Crippen LogP contribution in [0.4, 0.5) is 0 Å². The van der Waals surface area contributed by atoms with Gasteiger partial charge < -0.3 is 14.8 Å². The van der Waals surface area contributed by atoms with Crippen LogP contribution in [0.15, 0.2) is 36.4 Å². The molecule has 0 spiro atoms. The summed E-state index contributed by atoms with van der Waals surface area (Å²) < 4.78 is 10.8. The fourth-order valence-electron chi connectivity index (χ4n) is 2.78. The van der Waals surface area contributed by atoms with Gasteiger partial charge in [0.15, 0.2) is 6.61 Å². The van der Waals surface area contributed by atoms with Crippen LogP contribution in [0.5, 0.6) is 11.5 Å². The molecule has 2 aromatic rings. The molecule has 2 aromatic carbocycles. The summed E-state index contributed by atoms with van der Waals surface area (Å²) in [4.78, 5) is 12.1. The molecule has 1 N–H and O–H groups in total. The number of hydrogen-bond acceptors (Lipinski definition) is 4. The molecule has 5 heteroatoms. The first-order chi connectivity index (χ1) is 11.5. The van der Waals surface area contributed by atoms with E-state index in [0.29, 0.717) is 5.75 Å². The summed E-state index contributed by atoms with van der Waals surface area (Å²) in [5, 5.41) is 14.1. The molecule has 1 fully saturated rings. The summed E-state index contributed by atoms with van der Waals surface area (Å²) in [6.45, 7) is 1.66. The fraction of sp³-hybridized carbons (Fsp3) is 0.368. The van der Waals surface area contributed by atoms with Gasteiger partial charge in [-0.05, 0) is 60.7 Å². The molecule has 24 heavy (non-hydrogen) atoms. The van der Waals surface area contributed by atoms with Crippen molar-refractivity contribution in [2.45, 2.75) is 25.3 Å². The SMILES string of the molecule is COc1ccc2ccc(OCC(=O)N[C@](C)(C#N)C3CC3)cc2c1. The number of ether oxygens (including phenoxy) is 2. The van der Waals surface area contributed by atoms with E-state index in [1.54, 1.807) is 14.0 Å². The molecule has 0 saturated heterocycles. The predicted octanol–water partition coefficient (Wildman–Crippen LogP) is 3.04. The molecule has 0 aliphatic heterocycles. The zero-order valence-corrected chi connectivity index (χ0v) is 13.8. The molecule has 3 rings (SSSR count). The summed E-state index contributed by atoms with van der Waals surface area (Å²) in [6.07, 6.45) is 1.97. The van der Waals surface area contributed by atoms with Crippen molar-refractivity contribution < 1.29 is 14.3 Å². The number of carbonyl (C=O) groups excluding carboxylic acids is 1. The van der Waals surface area contributed by atoms with E-state index in [4.69, 9.17) is 9.47 Å². The first-order valence-electron chi connectivity index (χ1n) is 7.97. The lowest BCUT2D eigenvalue weighted by Gasteiger charge is -2.22. The predicted molar refractivity (Wildman–Crippen MR) is 90.9 cm³/mol. The average molecular weight is 324 g/mol. The van der Waals surface area contributed by atoms with Gasteiger partial charge in [-0.3, -0.25) is 4.79 Å². The summed E-state index contributed by atoms with van der Waals surface area (Å²) in [6, 6.07) is 13.6. The van der Waals surface area contributed by atoms with Crippen LogP contribution in [0.25, 0.3) is 10.8 Å². The Balaban J connectivity index is 1.64. The second-order valence-corrected chi connectivity index (χ2v) is 6.30. The van der Waals surface area contributed by atoms with Gasteiger partial charge in [-0.1, -0.05) is 12.1 Å². The Hall–Kier alpha value is -2.74. The van der Waals surface area contributed by atoms with E-state index in [1.807, 2.05) is 36.4 Å². The molecule has 0 radical (unpaired) electrons. The van der Waals surface area contributed by atoms with E-state index in [-0.39, 0.29) is 18.4 Å². The van der Waals surface area contributed by atoms with Gasteiger partial charge in [-0.15, -0.1) is 0 Å². The molecule has 0 unspecified atom stereocenters. The number of nitriles is 1. The lowest BCUT2D eigenvalue weighted by Crippen LogP contribution is -2.48. The monoisotopic (exact) mass is 324 g/mol. The van der Waals surface area contributed by atoms with Crippen molar-refractivity contribution in [1.29, 1.82) is 5.26 Å². The lowest BCUT2D eigenvalue weighted by atomic mass is 9.98. The molecule has 0 bridgehead atoms. The molecule has 1 aliphatic rings. The normalized spacial score (nSPS) is 16.0. The molecular formula is C19H20N2O3. The Bertz CT molecular complexity index is 808. The summed E-state index contributed by atoms with van der Waals surface area (Å²) in [7, 11) is 1.62. The number of hydrogen-bond donors (Lipinski definition) is 1. The van der Waals surface area contributed by atoms with E-state index in [9.17, 15) is 10.1 Å². The van der Waals surface area contributed by atoms with Crippen molar-refractivity contribution in [3.8, 4) is 17.6 Å². The quantitative estimate of drug-likeness (QED) is 0.886. The van der Waals surface area contributed by atoms with Gasteiger partial charge in [-0.25, -0.2) is 0 Å². The van der Waals surface area contributed by atoms with Gasteiger partial charge in [0.25, 0.3) is 5.91 Å². The zero-order valence-electron chi connectivity index (χ0n) is 13.8. The summed E-state index contributed by atoms with van der Waals surface area (Å²) >= 11 is 0. The highest BCUT2D eigenvalue weighted by molar-refractivity contribution is 5.85. The van der Waals surface area contributed by atoms with Gasteiger partial charge in [-0.2, -0.15) is 5.26 Å². The Morgan fingerprint density at radius 3 is 2.54 bits per heavy atom. The number of nitrogens with zero attached hydrogens (tertiary/aromatic N) is 1. The number of methoxy groups -OCH3 is 1. The highest BCUT2D eigenvalue weighted by Crippen LogP contribution is 2.39. The number of amides is 1. The van der Waals surface area contributed by atoms with Gasteiger partial charge >= 0.3 is 0 Å². The van der Waals surface area contributed by atoms with Crippen LogP contribution in [0.3, 0.4) is 0 Å². The maximum atomic E-state index is 12.1. The standard InChI is InChI=1S/C19H20N2O3/c1-19(12-20,15-5-6-15)21-18(22)11-24-17-8-4-13-3-7-16(23-2)9-14(13)10-17/h3-4,7-10,15H,5-6,11H2,1-2H3,(H,21,22)/t19-/m1/s1. The maximum Gasteiger partial charge on any atom is 0.259 e. The Morgan fingerprint density at radius 2 is 1.92 bits per heavy atom. The van der Waals surface area contributed by atoms with Gasteiger partial charge in [0.05, 0.1) is 13.2 Å². The molecule has 1 saturated carbocycles. The lowest BCUT2D eigenvalue weighted by molar-refractivity contribution is -0.124. The molecule has 1 amide bonds. The van der Waals surface area contributed by atoms with Crippen molar-refractivity contribution in [2.24, 2.45) is 5.92 Å². The number of carbonyl (C=O) groups is 1. The van der Waals surface area contributed by atoms with Crippen molar-refractivity contribution in [1.82, 2.24) is 5.32 Å². The third-order valence-electron chi connectivity index (χ3n) is 4.41. The smallest absolute Gasteiger partial charge is 0.259 e. The second kappa shape index (κ2) is 6.40. The number of rotatable bonds is 6. The van der Waals surface area contributed by atoms with E-state index in [2.05, 4.69) is 11.4 Å². The highest BCUT2D eigenvalue weighted by Gasteiger charge is 2.43. The minimum absolute atomic E-state index is 0.112. The van der Waals surface area contributed by atoms with Crippen LogP contribution in [-0.2, 0) is 4.79 Å². The van der Waals surface area contributed by atoms with Crippen LogP contribution in [0.2, 0.25) is 0 Å². The third kappa shape index (κ3) is 3.43. The van der Waals surface area contributed by atoms with Crippen molar-refractivity contribution in [3.05, 3.63) is 36.4 Å². The Morgan fingerprint density at radius 1 is 1.25 bits per heavy atom. The molecular weight excluding hydrogens is 304 g/mol. The van der Waals surface area contributed by atoms with Crippen LogP contribution < -0.4 is 14.8 Å². The van der Waals surface area contributed by atoms with E-state index >= 15 is 0 Å². The van der Waals surface area contributed by atoms with E-state index < -0.39 is 5.54 Å². The fourth-order valence-corrected chi connectivity index (χ4v) is 2.78. The molecule has 1 atom stereocenters. The number of nitrogens with one attached hydrogen (secondary N) is 1. The van der Waals surface area contributed by atoms with Crippen LogP contribution >= 0.6 is 0 Å². The topological polar surface area (TPSA) is 71.3 Å². The number of benzene rings is 2. The molecule has 0 heterocycles. The van der Waals surface area contributed by atoms with Gasteiger partial charge in [0.1, 0.15) is 17.0 Å². The maximum absolute atomic E-state index is 12.1. The number of fused-ring (bicyclic) bond motifs is 1. The molecule has 124 valence electrons.